The van der Waals surface area contributed by atoms with Crippen LogP contribution in [0.25, 0.3) is 22.2 Å². The van der Waals surface area contributed by atoms with Crippen molar-refractivity contribution in [2.75, 3.05) is 25.3 Å². The molecule has 4 heterocycles. The molecule has 0 N–H and O–H groups in total. The van der Waals surface area contributed by atoms with Gasteiger partial charge in [-0.3, -0.25) is 14.6 Å². The SMILES string of the molecule is COc1nn(C)cc1-c1cnc2ccc(N(COCC[Si](C)(C)C)c3nnc(C4CCCC4)s3)nc2c1. The van der Waals surface area contributed by atoms with Crippen LogP contribution in [-0.2, 0) is 11.8 Å². The number of ether oxygens (including phenoxy) is 2. The first-order chi connectivity index (χ1) is 17.8. The Kier molecular flexibility index (Phi) is 7.54. The molecule has 0 radical (unpaired) electrons. The monoisotopic (exact) mass is 537 g/mol. The van der Waals surface area contributed by atoms with Crippen LogP contribution in [0, 0.1) is 0 Å². The molecule has 196 valence electrons. The third-order valence-electron chi connectivity index (χ3n) is 6.68. The smallest absolute Gasteiger partial charge is 0.240 e. The Morgan fingerprint density at radius 1 is 1.14 bits per heavy atom. The summed E-state index contributed by atoms with van der Waals surface area (Å²) in [5.74, 6) is 1.85. The van der Waals surface area contributed by atoms with Crippen LogP contribution >= 0.6 is 11.3 Å². The van der Waals surface area contributed by atoms with Gasteiger partial charge in [-0.25, -0.2) is 4.98 Å². The fraction of sp³-hybridized carbons (Fsp3) is 0.500. The highest BCUT2D eigenvalue weighted by atomic mass is 32.1. The Bertz CT molecular complexity index is 1360. The normalized spacial score (nSPS) is 14.5. The van der Waals surface area contributed by atoms with Gasteiger partial charge in [0.2, 0.25) is 11.0 Å². The van der Waals surface area contributed by atoms with Crippen LogP contribution in [0.5, 0.6) is 5.88 Å². The van der Waals surface area contributed by atoms with Crippen LogP contribution in [0.4, 0.5) is 10.9 Å². The molecule has 0 bridgehead atoms. The molecule has 1 aliphatic carbocycles. The molecule has 5 rings (SSSR count). The number of methoxy groups -OCH3 is 1. The Morgan fingerprint density at radius 2 is 1.95 bits per heavy atom. The molecule has 0 aromatic carbocycles. The first-order valence-electron chi connectivity index (χ1n) is 12.8. The standard InChI is InChI=1S/C26H35N7O2SSi/c1-32-16-20(24(31-32)34-2)19-14-22-21(27-15-19)10-11-23(28-22)33(17-35-12-13-37(3,4)5)26-30-29-25(36-26)18-8-6-7-9-18/h10-11,14-16,18H,6-9,12-13,17H2,1-5H3. The minimum absolute atomic E-state index is 0.381. The van der Waals surface area contributed by atoms with Crippen molar-refractivity contribution in [1.82, 2.24) is 29.9 Å². The van der Waals surface area contributed by atoms with E-state index in [4.69, 9.17) is 14.5 Å². The van der Waals surface area contributed by atoms with E-state index in [0.29, 0.717) is 18.5 Å². The minimum atomic E-state index is -1.19. The van der Waals surface area contributed by atoms with Gasteiger partial charge >= 0.3 is 0 Å². The van der Waals surface area contributed by atoms with Crippen LogP contribution in [0.15, 0.2) is 30.6 Å². The predicted octanol–water partition coefficient (Wildman–Crippen LogP) is 6.00. The highest BCUT2D eigenvalue weighted by Crippen LogP contribution is 2.39. The first kappa shape index (κ1) is 25.7. The number of nitrogens with zero attached hydrogens (tertiary/aromatic N) is 7. The van der Waals surface area contributed by atoms with E-state index in [1.807, 2.05) is 42.5 Å². The average molecular weight is 538 g/mol. The van der Waals surface area contributed by atoms with E-state index in [1.165, 1.54) is 25.7 Å². The van der Waals surface area contributed by atoms with Crippen molar-refractivity contribution in [2.45, 2.75) is 57.3 Å². The summed E-state index contributed by atoms with van der Waals surface area (Å²) in [7, 11) is 2.31. The maximum atomic E-state index is 6.17. The summed E-state index contributed by atoms with van der Waals surface area (Å²) in [4.78, 5) is 11.7. The zero-order valence-corrected chi connectivity index (χ0v) is 24.1. The maximum Gasteiger partial charge on any atom is 0.240 e. The van der Waals surface area contributed by atoms with E-state index in [2.05, 4.69) is 39.9 Å². The van der Waals surface area contributed by atoms with Crippen molar-refractivity contribution in [3.05, 3.63) is 35.6 Å². The summed E-state index contributed by atoms with van der Waals surface area (Å²) < 4.78 is 13.4. The molecule has 1 fully saturated rings. The van der Waals surface area contributed by atoms with Crippen LogP contribution in [0.1, 0.15) is 36.6 Å². The van der Waals surface area contributed by atoms with Gasteiger partial charge in [0, 0.05) is 45.6 Å². The number of aryl methyl sites for hydroxylation is 1. The van der Waals surface area contributed by atoms with Crippen molar-refractivity contribution in [1.29, 1.82) is 0 Å². The number of aromatic nitrogens is 6. The first-order valence-corrected chi connectivity index (χ1v) is 17.4. The van der Waals surface area contributed by atoms with Gasteiger partial charge in [-0.15, -0.1) is 15.3 Å². The molecule has 0 unspecified atom stereocenters. The largest absolute Gasteiger partial charge is 0.479 e. The molecular formula is C26H35N7O2SSi. The number of anilines is 2. The van der Waals surface area contributed by atoms with Crippen molar-refractivity contribution in [3.63, 3.8) is 0 Å². The molecule has 0 amide bonds. The molecule has 11 heteroatoms. The van der Waals surface area contributed by atoms with Gasteiger partial charge in [0.25, 0.3) is 0 Å². The average Bonchev–Trinajstić information content (AvgIpc) is 3.63. The second kappa shape index (κ2) is 10.8. The summed E-state index contributed by atoms with van der Waals surface area (Å²) in [6, 6.07) is 7.11. The van der Waals surface area contributed by atoms with E-state index in [1.54, 1.807) is 23.1 Å². The zero-order valence-electron chi connectivity index (χ0n) is 22.3. The predicted molar refractivity (Wildman–Crippen MR) is 151 cm³/mol. The molecule has 4 aromatic rings. The van der Waals surface area contributed by atoms with Crippen molar-refractivity contribution < 1.29 is 9.47 Å². The lowest BCUT2D eigenvalue weighted by atomic mass is 10.1. The highest BCUT2D eigenvalue weighted by molar-refractivity contribution is 7.15. The molecular weight excluding hydrogens is 502 g/mol. The molecule has 4 aromatic heterocycles. The van der Waals surface area contributed by atoms with E-state index < -0.39 is 8.07 Å². The van der Waals surface area contributed by atoms with Gasteiger partial charge in [-0.1, -0.05) is 43.8 Å². The van der Waals surface area contributed by atoms with Crippen molar-refractivity contribution in [3.8, 4) is 17.0 Å². The molecule has 9 nitrogen and oxygen atoms in total. The molecule has 1 aliphatic rings. The molecule has 0 atom stereocenters. The summed E-state index contributed by atoms with van der Waals surface area (Å²) in [5.41, 5.74) is 3.38. The number of rotatable bonds is 10. The number of fused-ring (bicyclic) bond motifs is 1. The summed E-state index contributed by atoms with van der Waals surface area (Å²) in [5, 5.41) is 15.5. The van der Waals surface area contributed by atoms with Crippen LogP contribution in [0.2, 0.25) is 25.7 Å². The summed E-state index contributed by atoms with van der Waals surface area (Å²) >= 11 is 1.66. The van der Waals surface area contributed by atoms with Crippen LogP contribution < -0.4 is 9.64 Å². The van der Waals surface area contributed by atoms with Gasteiger partial charge < -0.3 is 9.47 Å². The number of hydrogen-bond acceptors (Lipinski definition) is 9. The fourth-order valence-corrected chi connectivity index (χ4v) is 6.30. The summed E-state index contributed by atoms with van der Waals surface area (Å²) in [6.45, 7) is 8.19. The zero-order chi connectivity index (χ0) is 26.0. The molecule has 0 saturated heterocycles. The third kappa shape index (κ3) is 5.99. The Labute approximate surface area is 222 Å². The lowest BCUT2D eigenvalue weighted by molar-refractivity contribution is 0.153. The van der Waals surface area contributed by atoms with Gasteiger partial charge in [0.15, 0.2) is 0 Å². The lowest BCUT2D eigenvalue weighted by Gasteiger charge is -2.22. The third-order valence-corrected chi connectivity index (χ3v) is 9.49. The van der Waals surface area contributed by atoms with Crippen molar-refractivity contribution in [2.24, 2.45) is 7.05 Å². The Balaban J connectivity index is 1.47. The van der Waals surface area contributed by atoms with E-state index in [0.717, 1.165) is 50.8 Å². The van der Waals surface area contributed by atoms with Gasteiger partial charge in [0.1, 0.15) is 17.6 Å². The van der Waals surface area contributed by atoms with E-state index in [9.17, 15) is 0 Å². The summed E-state index contributed by atoms with van der Waals surface area (Å²) in [6.07, 6.45) is 8.69. The minimum Gasteiger partial charge on any atom is -0.479 e. The second-order valence-electron chi connectivity index (χ2n) is 10.8. The Hall–Kier alpha value is -2.89. The molecule has 0 aliphatic heterocycles. The maximum absolute atomic E-state index is 6.17. The molecule has 0 spiro atoms. The number of hydrogen-bond donors (Lipinski definition) is 0. The number of pyridine rings is 2. The van der Waals surface area contributed by atoms with Gasteiger partial charge in [0.05, 0.1) is 23.7 Å². The molecule has 37 heavy (non-hydrogen) atoms. The fourth-order valence-electron chi connectivity index (χ4n) is 4.54. The lowest BCUT2D eigenvalue weighted by Crippen LogP contribution is -2.26. The van der Waals surface area contributed by atoms with E-state index >= 15 is 0 Å². The van der Waals surface area contributed by atoms with Crippen LogP contribution in [-0.4, -0.2) is 58.5 Å². The van der Waals surface area contributed by atoms with Gasteiger partial charge in [-0.2, -0.15) is 0 Å². The van der Waals surface area contributed by atoms with Gasteiger partial charge in [-0.05, 0) is 37.1 Å². The second-order valence-corrected chi connectivity index (χ2v) is 17.4. The Morgan fingerprint density at radius 3 is 2.70 bits per heavy atom. The van der Waals surface area contributed by atoms with E-state index in [-0.39, 0.29) is 0 Å². The highest BCUT2D eigenvalue weighted by Gasteiger charge is 2.24. The van der Waals surface area contributed by atoms with Crippen LogP contribution in [0.3, 0.4) is 0 Å². The topological polar surface area (TPSA) is 91.1 Å². The van der Waals surface area contributed by atoms with Crippen molar-refractivity contribution >= 4 is 41.4 Å². The molecule has 1 saturated carbocycles. The quantitative estimate of drug-likeness (QED) is 0.138.